The Hall–Kier alpha value is -3.40. The van der Waals surface area contributed by atoms with E-state index < -0.39 is 0 Å². The number of ether oxygens (including phenoxy) is 1. The lowest BCUT2D eigenvalue weighted by Gasteiger charge is -2.15. The third-order valence-electron chi connectivity index (χ3n) is 6.26. The standard InChI is InChI=1S/C26H23NO3/c28-15-17-9-10-19-12-18(13-20(19)11-17)14-27-26(29)30-16-25-23-7-3-1-5-21(23)22-6-2-4-8-24(22)25/h1-11,15,18,25H,12-14,16H2,(H,27,29). The molecule has 0 bridgehead atoms. The molecule has 0 saturated carbocycles. The molecule has 0 fully saturated rings. The predicted molar refractivity (Wildman–Crippen MR) is 116 cm³/mol. The van der Waals surface area contributed by atoms with E-state index in [1.807, 2.05) is 42.5 Å². The van der Waals surface area contributed by atoms with Gasteiger partial charge in [-0.05, 0) is 58.2 Å². The van der Waals surface area contributed by atoms with Crippen molar-refractivity contribution in [3.63, 3.8) is 0 Å². The largest absolute Gasteiger partial charge is 0.449 e. The Kier molecular flexibility index (Phi) is 4.83. The van der Waals surface area contributed by atoms with Gasteiger partial charge in [-0.1, -0.05) is 60.7 Å². The van der Waals surface area contributed by atoms with Gasteiger partial charge in [-0.15, -0.1) is 0 Å². The number of hydrogen-bond donors (Lipinski definition) is 1. The average Bonchev–Trinajstić information content (AvgIpc) is 3.34. The molecule has 0 saturated heterocycles. The first kappa shape index (κ1) is 18.6. The fraction of sp³-hybridized carbons (Fsp3) is 0.231. The molecule has 1 amide bonds. The molecule has 4 heteroatoms. The Morgan fingerprint density at radius 2 is 1.60 bits per heavy atom. The van der Waals surface area contributed by atoms with E-state index in [9.17, 15) is 9.59 Å². The molecule has 1 unspecified atom stereocenters. The van der Waals surface area contributed by atoms with Crippen LogP contribution in [0.5, 0.6) is 0 Å². The Labute approximate surface area is 175 Å². The van der Waals surface area contributed by atoms with E-state index in [0.29, 0.717) is 24.6 Å². The van der Waals surface area contributed by atoms with Crippen LogP contribution >= 0.6 is 0 Å². The van der Waals surface area contributed by atoms with Crippen LogP contribution in [-0.2, 0) is 17.6 Å². The molecule has 0 aliphatic heterocycles. The molecule has 5 rings (SSSR count). The van der Waals surface area contributed by atoms with Gasteiger partial charge in [-0.2, -0.15) is 0 Å². The Morgan fingerprint density at radius 1 is 0.933 bits per heavy atom. The summed E-state index contributed by atoms with van der Waals surface area (Å²) in [6.07, 6.45) is 2.29. The monoisotopic (exact) mass is 397 g/mol. The van der Waals surface area contributed by atoms with Crippen molar-refractivity contribution < 1.29 is 14.3 Å². The molecular weight excluding hydrogens is 374 g/mol. The van der Waals surface area contributed by atoms with Gasteiger partial charge in [-0.25, -0.2) is 4.79 Å². The molecule has 1 atom stereocenters. The maximum absolute atomic E-state index is 12.4. The van der Waals surface area contributed by atoms with Gasteiger partial charge >= 0.3 is 6.09 Å². The normalized spacial score (nSPS) is 16.5. The first-order valence-corrected chi connectivity index (χ1v) is 10.4. The summed E-state index contributed by atoms with van der Waals surface area (Å²) in [7, 11) is 0. The zero-order chi connectivity index (χ0) is 20.5. The Balaban J connectivity index is 1.18. The molecule has 30 heavy (non-hydrogen) atoms. The van der Waals surface area contributed by atoms with Crippen LogP contribution in [0.4, 0.5) is 4.79 Å². The van der Waals surface area contributed by atoms with Crippen LogP contribution in [0.15, 0.2) is 66.7 Å². The number of benzene rings is 3. The summed E-state index contributed by atoms with van der Waals surface area (Å²) in [5.74, 6) is 0.406. The lowest BCUT2D eigenvalue weighted by molar-refractivity contribution is 0.112. The minimum atomic E-state index is -0.374. The van der Waals surface area contributed by atoms with Crippen molar-refractivity contribution in [2.24, 2.45) is 5.92 Å². The highest BCUT2D eigenvalue weighted by Gasteiger charge is 2.29. The molecule has 150 valence electrons. The quantitative estimate of drug-likeness (QED) is 0.632. The first-order valence-electron chi connectivity index (χ1n) is 10.4. The van der Waals surface area contributed by atoms with E-state index in [4.69, 9.17) is 4.74 Å². The molecule has 4 nitrogen and oxygen atoms in total. The highest BCUT2D eigenvalue weighted by atomic mass is 16.5. The number of carbonyl (C=O) groups excluding carboxylic acids is 2. The summed E-state index contributed by atoms with van der Waals surface area (Å²) in [5, 5.41) is 2.93. The number of rotatable bonds is 5. The second-order valence-corrected chi connectivity index (χ2v) is 8.13. The van der Waals surface area contributed by atoms with Gasteiger partial charge in [0.15, 0.2) is 0 Å². The van der Waals surface area contributed by atoms with Crippen molar-refractivity contribution in [3.05, 3.63) is 94.5 Å². The van der Waals surface area contributed by atoms with Crippen LogP contribution in [0.1, 0.15) is 38.5 Å². The number of fused-ring (bicyclic) bond motifs is 4. The van der Waals surface area contributed by atoms with Crippen LogP contribution in [0.2, 0.25) is 0 Å². The van der Waals surface area contributed by atoms with Gasteiger partial charge in [0.2, 0.25) is 0 Å². The SMILES string of the molecule is O=Cc1ccc2c(c1)CC(CNC(=O)OCC1c3ccccc3-c3ccccc31)C2. The van der Waals surface area contributed by atoms with Gasteiger partial charge < -0.3 is 10.1 Å². The molecule has 2 aliphatic carbocycles. The van der Waals surface area contributed by atoms with Crippen LogP contribution in [0.25, 0.3) is 11.1 Å². The van der Waals surface area contributed by atoms with Crippen molar-refractivity contribution >= 4 is 12.4 Å². The van der Waals surface area contributed by atoms with Gasteiger partial charge in [0.1, 0.15) is 12.9 Å². The van der Waals surface area contributed by atoms with E-state index in [-0.39, 0.29) is 12.0 Å². The summed E-state index contributed by atoms with van der Waals surface area (Å²) >= 11 is 0. The van der Waals surface area contributed by atoms with Gasteiger partial charge in [0, 0.05) is 18.0 Å². The molecule has 0 heterocycles. The first-order chi connectivity index (χ1) is 14.7. The smallest absolute Gasteiger partial charge is 0.407 e. The van der Waals surface area contributed by atoms with E-state index in [1.54, 1.807) is 0 Å². The summed E-state index contributed by atoms with van der Waals surface area (Å²) in [6.45, 7) is 0.898. The molecule has 3 aromatic rings. The van der Waals surface area contributed by atoms with Gasteiger partial charge in [0.25, 0.3) is 0 Å². The summed E-state index contributed by atoms with van der Waals surface area (Å²) in [6, 6.07) is 22.5. The second-order valence-electron chi connectivity index (χ2n) is 8.13. The topological polar surface area (TPSA) is 55.4 Å². The van der Waals surface area contributed by atoms with Crippen LogP contribution in [0, 0.1) is 5.92 Å². The van der Waals surface area contributed by atoms with Crippen LogP contribution < -0.4 is 5.32 Å². The zero-order valence-electron chi connectivity index (χ0n) is 16.6. The maximum Gasteiger partial charge on any atom is 0.407 e. The molecule has 0 spiro atoms. The van der Waals surface area contributed by atoms with E-state index in [1.165, 1.54) is 33.4 Å². The fourth-order valence-electron chi connectivity index (χ4n) is 4.82. The highest BCUT2D eigenvalue weighted by Crippen LogP contribution is 2.44. The fourth-order valence-corrected chi connectivity index (χ4v) is 4.82. The lowest BCUT2D eigenvalue weighted by Crippen LogP contribution is -2.31. The summed E-state index contributed by atoms with van der Waals surface area (Å²) in [5.41, 5.74) is 8.05. The van der Waals surface area contributed by atoms with Crippen molar-refractivity contribution in [1.29, 1.82) is 0 Å². The minimum absolute atomic E-state index is 0.0700. The zero-order valence-corrected chi connectivity index (χ0v) is 16.6. The van der Waals surface area contributed by atoms with E-state index in [0.717, 1.165) is 19.1 Å². The summed E-state index contributed by atoms with van der Waals surface area (Å²) in [4.78, 5) is 23.3. The molecular formula is C26H23NO3. The van der Waals surface area contributed by atoms with Crippen molar-refractivity contribution in [1.82, 2.24) is 5.32 Å². The van der Waals surface area contributed by atoms with Gasteiger partial charge in [-0.3, -0.25) is 4.79 Å². The Bertz CT molecular complexity index is 1080. The van der Waals surface area contributed by atoms with Gasteiger partial charge in [0.05, 0.1) is 0 Å². The second kappa shape index (κ2) is 7.79. The lowest BCUT2D eigenvalue weighted by atomic mass is 9.98. The average molecular weight is 397 g/mol. The van der Waals surface area contributed by atoms with E-state index in [2.05, 4.69) is 29.6 Å². The predicted octanol–water partition coefficient (Wildman–Crippen LogP) is 4.75. The highest BCUT2D eigenvalue weighted by molar-refractivity contribution is 5.79. The van der Waals surface area contributed by atoms with Crippen LogP contribution in [-0.4, -0.2) is 25.5 Å². The number of carbonyl (C=O) groups is 2. The number of alkyl carbamates (subject to hydrolysis) is 1. The third kappa shape index (κ3) is 3.39. The Morgan fingerprint density at radius 3 is 2.30 bits per heavy atom. The van der Waals surface area contributed by atoms with Crippen LogP contribution in [0.3, 0.4) is 0 Å². The minimum Gasteiger partial charge on any atom is -0.449 e. The number of nitrogens with one attached hydrogen (secondary N) is 1. The molecule has 3 aromatic carbocycles. The molecule has 1 N–H and O–H groups in total. The number of aldehydes is 1. The maximum atomic E-state index is 12.4. The van der Waals surface area contributed by atoms with E-state index >= 15 is 0 Å². The van der Waals surface area contributed by atoms with Crippen molar-refractivity contribution in [2.75, 3.05) is 13.2 Å². The number of hydrogen-bond acceptors (Lipinski definition) is 3. The molecule has 2 aliphatic rings. The molecule has 0 radical (unpaired) electrons. The third-order valence-corrected chi connectivity index (χ3v) is 6.26. The number of amides is 1. The van der Waals surface area contributed by atoms with Crippen molar-refractivity contribution in [2.45, 2.75) is 18.8 Å². The van der Waals surface area contributed by atoms with Crippen molar-refractivity contribution in [3.8, 4) is 11.1 Å². The molecule has 0 aromatic heterocycles. The summed E-state index contributed by atoms with van der Waals surface area (Å²) < 4.78 is 5.62.